The van der Waals surface area contributed by atoms with E-state index < -0.39 is 10.0 Å². The van der Waals surface area contributed by atoms with E-state index in [0.717, 1.165) is 0 Å². The summed E-state index contributed by atoms with van der Waals surface area (Å²) in [6.45, 7) is 1.91. The number of hydrogen-bond acceptors (Lipinski definition) is 4. The molecule has 7 heteroatoms. The molecule has 0 amide bonds. The average Bonchev–Trinajstić information content (AvgIpc) is 2.90. The van der Waals surface area contributed by atoms with Crippen LogP contribution in [0.2, 0.25) is 0 Å². The number of hydrogen-bond donors (Lipinski definition) is 0. The molecule has 2 aromatic heterocycles. The Morgan fingerprint density at radius 3 is 2.80 bits per heavy atom. The predicted molar refractivity (Wildman–Crippen MR) is 84.4 cm³/mol. The number of nitrogens with zero attached hydrogens (tertiary/aromatic N) is 2. The minimum Gasteiger partial charge on any atom is -0.262 e. The number of sulfonamides is 1. The van der Waals surface area contributed by atoms with Crippen molar-refractivity contribution < 1.29 is 8.42 Å². The smallest absolute Gasteiger partial charge is 0.244 e. The largest absolute Gasteiger partial charge is 0.262 e. The van der Waals surface area contributed by atoms with Gasteiger partial charge in [0.15, 0.2) is 0 Å². The van der Waals surface area contributed by atoms with Crippen molar-refractivity contribution in [3.63, 3.8) is 0 Å². The number of aromatic nitrogens is 1. The lowest BCUT2D eigenvalue weighted by molar-refractivity contribution is 0.388. The number of likely N-dealkylation sites (N-methyl/N-ethyl adjacent to an activating group) is 1. The van der Waals surface area contributed by atoms with E-state index in [9.17, 15) is 8.42 Å². The second-order valence-electron chi connectivity index (χ2n) is 4.49. The van der Waals surface area contributed by atoms with Gasteiger partial charge in [-0.2, -0.15) is 4.31 Å². The Hall–Kier alpha value is -0.760. The van der Waals surface area contributed by atoms with E-state index in [1.54, 1.807) is 30.6 Å². The van der Waals surface area contributed by atoms with Gasteiger partial charge in [0.2, 0.25) is 10.0 Å². The summed E-state index contributed by atoms with van der Waals surface area (Å²) in [6.07, 6.45) is 3.64. The van der Waals surface area contributed by atoms with Crippen LogP contribution >= 0.6 is 27.3 Å². The summed E-state index contributed by atoms with van der Waals surface area (Å²) in [5.41, 5.74) is 0. The van der Waals surface area contributed by atoms with Gasteiger partial charge in [-0.25, -0.2) is 8.42 Å². The molecule has 2 rings (SSSR count). The van der Waals surface area contributed by atoms with Crippen LogP contribution in [0.5, 0.6) is 0 Å². The van der Waals surface area contributed by atoms with Crippen molar-refractivity contribution in [2.24, 2.45) is 0 Å². The summed E-state index contributed by atoms with van der Waals surface area (Å²) in [5.74, 6) is 0. The van der Waals surface area contributed by atoms with Crippen molar-refractivity contribution in [3.05, 3.63) is 45.3 Å². The van der Waals surface area contributed by atoms with Crippen LogP contribution in [0.25, 0.3) is 0 Å². The Morgan fingerprint density at radius 1 is 1.45 bits per heavy atom. The fourth-order valence-electron chi connectivity index (χ4n) is 1.79. The van der Waals surface area contributed by atoms with E-state index in [-0.39, 0.29) is 10.9 Å². The number of rotatable bonds is 5. The summed E-state index contributed by atoms with van der Waals surface area (Å²) < 4.78 is 27.1. The average molecular weight is 375 g/mol. The highest BCUT2D eigenvalue weighted by molar-refractivity contribution is 9.10. The van der Waals surface area contributed by atoms with E-state index in [0.29, 0.717) is 10.9 Å². The molecule has 1 atom stereocenters. The Morgan fingerprint density at radius 2 is 2.20 bits per heavy atom. The Balaban J connectivity index is 2.20. The lowest BCUT2D eigenvalue weighted by Gasteiger charge is -2.23. The molecule has 0 aliphatic carbocycles. The zero-order chi connectivity index (χ0) is 14.8. The van der Waals surface area contributed by atoms with Crippen LogP contribution in [-0.4, -0.2) is 30.8 Å². The van der Waals surface area contributed by atoms with Gasteiger partial charge in [-0.05, 0) is 46.8 Å². The first-order valence-corrected chi connectivity index (χ1v) is 9.13. The topological polar surface area (TPSA) is 50.3 Å². The summed E-state index contributed by atoms with van der Waals surface area (Å²) in [4.78, 5) is 5.29. The van der Waals surface area contributed by atoms with Gasteiger partial charge < -0.3 is 0 Å². The minimum absolute atomic E-state index is 0.113. The predicted octanol–water partition coefficient (Wildman–Crippen LogP) is 3.16. The molecule has 1 unspecified atom stereocenters. The maximum Gasteiger partial charge on any atom is 0.244 e. The maximum absolute atomic E-state index is 12.5. The molecule has 0 N–H and O–H groups in total. The molecule has 0 aromatic carbocycles. The first-order valence-electron chi connectivity index (χ1n) is 6.02. The van der Waals surface area contributed by atoms with E-state index in [4.69, 9.17) is 0 Å². The molecule has 0 aliphatic rings. The lowest BCUT2D eigenvalue weighted by atomic mass is 10.2. The van der Waals surface area contributed by atoms with E-state index >= 15 is 0 Å². The van der Waals surface area contributed by atoms with Crippen molar-refractivity contribution in [1.82, 2.24) is 9.29 Å². The summed E-state index contributed by atoms with van der Waals surface area (Å²) >= 11 is 4.88. The standard InChI is InChI=1S/C13H15BrN2O2S2/c1-10(6-12-4-3-5-19-12)16(2)20(17,18)13-7-11(14)8-15-9-13/h3-5,7-10H,6H2,1-2H3. The third-order valence-electron chi connectivity index (χ3n) is 3.05. The normalized spacial score (nSPS) is 13.6. The third kappa shape index (κ3) is 3.46. The molecular formula is C13H15BrN2O2S2. The van der Waals surface area contributed by atoms with Crippen molar-refractivity contribution in [2.45, 2.75) is 24.3 Å². The Kier molecular flexibility index (Phi) is 4.95. The van der Waals surface area contributed by atoms with Crippen LogP contribution in [0.1, 0.15) is 11.8 Å². The zero-order valence-electron chi connectivity index (χ0n) is 11.2. The quantitative estimate of drug-likeness (QED) is 0.807. The van der Waals surface area contributed by atoms with Gasteiger partial charge in [0.1, 0.15) is 4.90 Å². The monoisotopic (exact) mass is 374 g/mol. The van der Waals surface area contributed by atoms with Crippen molar-refractivity contribution in [3.8, 4) is 0 Å². The highest BCUT2D eigenvalue weighted by Crippen LogP contribution is 2.21. The molecular weight excluding hydrogens is 360 g/mol. The third-order valence-corrected chi connectivity index (χ3v) is 6.32. The minimum atomic E-state index is -3.52. The van der Waals surface area contributed by atoms with E-state index in [1.165, 1.54) is 15.4 Å². The van der Waals surface area contributed by atoms with E-state index in [1.807, 2.05) is 24.4 Å². The van der Waals surface area contributed by atoms with Gasteiger partial charge in [-0.15, -0.1) is 11.3 Å². The van der Waals surface area contributed by atoms with Gasteiger partial charge in [-0.3, -0.25) is 4.98 Å². The number of halogens is 1. The molecule has 4 nitrogen and oxygen atoms in total. The fourth-order valence-corrected chi connectivity index (χ4v) is 4.48. The van der Waals surface area contributed by atoms with Gasteiger partial charge in [0.25, 0.3) is 0 Å². The molecule has 2 heterocycles. The van der Waals surface area contributed by atoms with Crippen LogP contribution in [0.3, 0.4) is 0 Å². The molecule has 108 valence electrons. The lowest BCUT2D eigenvalue weighted by Crippen LogP contribution is -2.36. The maximum atomic E-state index is 12.5. The van der Waals surface area contributed by atoms with Crippen LogP contribution in [0, 0.1) is 0 Å². The van der Waals surface area contributed by atoms with Gasteiger partial charge in [0, 0.05) is 34.8 Å². The molecule has 2 aromatic rings. The second-order valence-corrected chi connectivity index (χ2v) is 8.44. The van der Waals surface area contributed by atoms with Crippen LogP contribution in [-0.2, 0) is 16.4 Å². The van der Waals surface area contributed by atoms with Crippen LogP contribution < -0.4 is 0 Å². The zero-order valence-corrected chi connectivity index (χ0v) is 14.4. The second kappa shape index (κ2) is 6.34. The highest BCUT2D eigenvalue weighted by atomic mass is 79.9. The van der Waals surface area contributed by atoms with Gasteiger partial charge >= 0.3 is 0 Å². The molecule has 20 heavy (non-hydrogen) atoms. The SMILES string of the molecule is CC(Cc1cccs1)N(C)S(=O)(=O)c1cncc(Br)c1. The van der Waals surface area contributed by atoms with E-state index in [2.05, 4.69) is 20.9 Å². The Bertz CT molecular complexity index is 671. The first-order chi connectivity index (χ1) is 9.41. The van der Waals surface area contributed by atoms with Crippen molar-refractivity contribution >= 4 is 37.3 Å². The van der Waals surface area contributed by atoms with Crippen LogP contribution in [0.4, 0.5) is 0 Å². The molecule has 0 fully saturated rings. The molecule has 0 radical (unpaired) electrons. The van der Waals surface area contributed by atoms with Crippen molar-refractivity contribution in [2.75, 3.05) is 7.05 Å². The summed E-state index contributed by atoms with van der Waals surface area (Å²) in [7, 11) is -1.91. The van der Waals surface area contributed by atoms with Crippen molar-refractivity contribution in [1.29, 1.82) is 0 Å². The van der Waals surface area contributed by atoms with Gasteiger partial charge in [0.05, 0.1) is 0 Å². The number of thiophene rings is 1. The van der Waals surface area contributed by atoms with Gasteiger partial charge in [-0.1, -0.05) is 6.07 Å². The molecule has 0 aliphatic heterocycles. The first kappa shape index (κ1) is 15.6. The molecule has 0 saturated heterocycles. The summed E-state index contributed by atoms with van der Waals surface area (Å²) in [6, 6.07) is 5.44. The molecule has 0 bridgehead atoms. The highest BCUT2D eigenvalue weighted by Gasteiger charge is 2.26. The summed E-state index contributed by atoms with van der Waals surface area (Å²) in [5, 5.41) is 1.99. The molecule has 0 spiro atoms. The van der Waals surface area contributed by atoms with Crippen LogP contribution in [0.15, 0.2) is 45.3 Å². The Labute approximate surface area is 131 Å². The fraction of sp³-hybridized carbons (Fsp3) is 0.308. The number of pyridine rings is 1. The molecule has 0 saturated carbocycles.